The van der Waals surface area contributed by atoms with Crippen molar-refractivity contribution in [3.8, 4) is 11.1 Å². The van der Waals surface area contributed by atoms with Gasteiger partial charge in [0.25, 0.3) is 0 Å². The topological polar surface area (TPSA) is 17.1 Å². The third-order valence-corrected chi connectivity index (χ3v) is 2.59. The zero-order valence-corrected chi connectivity index (χ0v) is 8.91. The molecule has 16 heavy (non-hydrogen) atoms. The predicted octanol–water partition coefficient (Wildman–Crippen LogP) is 3.61. The van der Waals surface area contributed by atoms with Crippen LogP contribution in [-0.4, -0.2) is 6.29 Å². The Morgan fingerprint density at radius 3 is 2.38 bits per heavy atom. The van der Waals surface area contributed by atoms with E-state index in [2.05, 4.69) is 0 Å². The van der Waals surface area contributed by atoms with Crippen molar-refractivity contribution < 1.29 is 9.18 Å². The lowest BCUT2D eigenvalue weighted by atomic mass is 9.98. The van der Waals surface area contributed by atoms with Gasteiger partial charge >= 0.3 is 0 Å². The molecule has 2 rings (SSSR count). The third kappa shape index (κ3) is 1.74. The molecule has 2 heteroatoms. The molecule has 0 heterocycles. The zero-order valence-electron chi connectivity index (χ0n) is 8.91. The van der Waals surface area contributed by atoms with Crippen molar-refractivity contribution in [3.05, 3.63) is 59.4 Å². The molecule has 0 aliphatic heterocycles. The number of halogens is 1. The molecule has 0 aromatic heterocycles. The Bertz CT molecular complexity index is 532. The van der Waals surface area contributed by atoms with Crippen LogP contribution in [0.3, 0.4) is 0 Å². The van der Waals surface area contributed by atoms with Crippen molar-refractivity contribution in [2.75, 3.05) is 0 Å². The first-order valence-electron chi connectivity index (χ1n) is 5.03. The Labute approximate surface area is 93.5 Å². The normalized spacial score (nSPS) is 10.1. The van der Waals surface area contributed by atoms with Crippen LogP contribution in [0.1, 0.15) is 15.9 Å². The van der Waals surface area contributed by atoms with Gasteiger partial charge in [0.05, 0.1) is 5.56 Å². The second-order valence-corrected chi connectivity index (χ2v) is 3.64. The van der Waals surface area contributed by atoms with E-state index in [1.54, 1.807) is 12.1 Å². The third-order valence-electron chi connectivity index (χ3n) is 2.59. The molecule has 0 aliphatic rings. The van der Waals surface area contributed by atoms with E-state index < -0.39 is 5.82 Å². The maximum Gasteiger partial charge on any atom is 0.153 e. The van der Waals surface area contributed by atoms with Crippen LogP contribution in [0.5, 0.6) is 0 Å². The quantitative estimate of drug-likeness (QED) is 0.698. The summed E-state index contributed by atoms with van der Waals surface area (Å²) in [6, 6.07) is 12.4. The van der Waals surface area contributed by atoms with E-state index in [0.717, 1.165) is 11.1 Å². The van der Waals surface area contributed by atoms with Crippen molar-refractivity contribution in [1.82, 2.24) is 0 Å². The minimum Gasteiger partial charge on any atom is -0.298 e. The monoisotopic (exact) mass is 214 g/mol. The summed E-state index contributed by atoms with van der Waals surface area (Å²) in [6.07, 6.45) is 0.539. The molecule has 0 bridgehead atoms. The highest BCUT2D eigenvalue weighted by Gasteiger charge is 2.10. The largest absolute Gasteiger partial charge is 0.298 e. The highest BCUT2D eigenvalue weighted by Crippen LogP contribution is 2.26. The molecule has 0 saturated carbocycles. The van der Waals surface area contributed by atoms with Gasteiger partial charge in [0.15, 0.2) is 6.29 Å². The number of benzene rings is 2. The lowest BCUT2D eigenvalue weighted by Gasteiger charge is -2.07. The first-order chi connectivity index (χ1) is 7.74. The molecule has 0 saturated heterocycles. The fourth-order valence-corrected chi connectivity index (χ4v) is 1.72. The summed E-state index contributed by atoms with van der Waals surface area (Å²) in [5.74, 6) is -0.452. The van der Waals surface area contributed by atoms with Gasteiger partial charge in [0, 0.05) is 5.56 Å². The van der Waals surface area contributed by atoms with Crippen molar-refractivity contribution in [2.45, 2.75) is 6.92 Å². The molecule has 0 N–H and O–H groups in total. The first-order valence-corrected chi connectivity index (χ1v) is 5.03. The number of carbonyl (C=O) groups excluding carboxylic acids is 1. The molecule has 2 aromatic carbocycles. The van der Waals surface area contributed by atoms with E-state index in [9.17, 15) is 9.18 Å². The molecule has 0 radical (unpaired) electrons. The van der Waals surface area contributed by atoms with E-state index in [-0.39, 0.29) is 5.56 Å². The second-order valence-electron chi connectivity index (χ2n) is 3.64. The van der Waals surface area contributed by atoms with Crippen LogP contribution >= 0.6 is 0 Å². The van der Waals surface area contributed by atoms with Crippen molar-refractivity contribution in [1.29, 1.82) is 0 Å². The van der Waals surface area contributed by atoms with Crippen LogP contribution in [-0.2, 0) is 0 Å². The number of carbonyl (C=O) groups is 1. The Balaban J connectivity index is 2.65. The van der Waals surface area contributed by atoms with Crippen molar-refractivity contribution >= 4 is 6.29 Å². The summed E-state index contributed by atoms with van der Waals surface area (Å²) in [4.78, 5) is 10.7. The van der Waals surface area contributed by atoms with Gasteiger partial charge in [-0.2, -0.15) is 0 Å². The average molecular weight is 214 g/mol. The Morgan fingerprint density at radius 2 is 1.69 bits per heavy atom. The highest BCUT2D eigenvalue weighted by atomic mass is 19.1. The number of rotatable bonds is 2. The van der Waals surface area contributed by atoms with E-state index in [1.807, 2.05) is 31.2 Å². The van der Waals surface area contributed by atoms with E-state index in [0.29, 0.717) is 11.8 Å². The smallest absolute Gasteiger partial charge is 0.153 e. The maximum atomic E-state index is 13.9. The first kappa shape index (κ1) is 10.6. The van der Waals surface area contributed by atoms with Gasteiger partial charge in [-0.15, -0.1) is 0 Å². The molecule has 0 amide bonds. The van der Waals surface area contributed by atoms with Crippen LogP contribution in [0.25, 0.3) is 11.1 Å². The highest BCUT2D eigenvalue weighted by molar-refractivity contribution is 5.80. The Kier molecular flexibility index (Phi) is 2.82. The van der Waals surface area contributed by atoms with Crippen LogP contribution in [0.4, 0.5) is 4.39 Å². The summed E-state index contributed by atoms with van der Waals surface area (Å²) in [7, 11) is 0. The fourth-order valence-electron chi connectivity index (χ4n) is 1.72. The average Bonchev–Trinajstić information content (AvgIpc) is 2.31. The minimum atomic E-state index is -0.452. The van der Waals surface area contributed by atoms with Gasteiger partial charge in [-0.05, 0) is 24.1 Å². The van der Waals surface area contributed by atoms with E-state index in [4.69, 9.17) is 0 Å². The summed E-state index contributed by atoms with van der Waals surface area (Å²) in [5.41, 5.74) is 2.39. The maximum absolute atomic E-state index is 13.9. The van der Waals surface area contributed by atoms with Crippen LogP contribution in [0, 0.1) is 12.7 Å². The van der Waals surface area contributed by atoms with Crippen LogP contribution in [0.15, 0.2) is 42.5 Å². The molecule has 0 fully saturated rings. The molecule has 0 unspecified atom stereocenters. The summed E-state index contributed by atoms with van der Waals surface area (Å²) < 4.78 is 13.9. The standard InChI is InChI=1S/C14H11FO/c1-10-5-2-3-7-12(10)13-8-4-6-11(9-16)14(13)15/h2-9H,1H3. The van der Waals surface area contributed by atoms with Gasteiger partial charge in [-0.1, -0.05) is 36.4 Å². The molecule has 80 valence electrons. The molecule has 0 aliphatic carbocycles. The number of aldehydes is 1. The van der Waals surface area contributed by atoms with Gasteiger partial charge in [-0.25, -0.2) is 4.39 Å². The van der Waals surface area contributed by atoms with E-state index >= 15 is 0 Å². The SMILES string of the molecule is Cc1ccccc1-c1cccc(C=O)c1F. The van der Waals surface area contributed by atoms with Crippen molar-refractivity contribution in [3.63, 3.8) is 0 Å². The lowest BCUT2D eigenvalue weighted by Crippen LogP contribution is -1.92. The Morgan fingerprint density at radius 1 is 1.00 bits per heavy atom. The molecule has 2 aromatic rings. The van der Waals surface area contributed by atoms with Gasteiger partial charge in [0.2, 0.25) is 0 Å². The number of aryl methyl sites for hydroxylation is 1. The molecular formula is C14H11FO. The summed E-state index contributed by atoms with van der Waals surface area (Å²) in [5, 5.41) is 0. The summed E-state index contributed by atoms with van der Waals surface area (Å²) in [6.45, 7) is 1.92. The minimum absolute atomic E-state index is 0.0979. The van der Waals surface area contributed by atoms with Crippen LogP contribution in [0.2, 0.25) is 0 Å². The fraction of sp³-hybridized carbons (Fsp3) is 0.0714. The lowest BCUT2D eigenvalue weighted by molar-refractivity contribution is 0.112. The van der Waals surface area contributed by atoms with Gasteiger partial charge < -0.3 is 0 Å². The van der Waals surface area contributed by atoms with Crippen molar-refractivity contribution in [2.24, 2.45) is 0 Å². The molecular weight excluding hydrogens is 203 g/mol. The van der Waals surface area contributed by atoms with Gasteiger partial charge in [-0.3, -0.25) is 4.79 Å². The molecule has 0 spiro atoms. The number of hydrogen-bond acceptors (Lipinski definition) is 1. The van der Waals surface area contributed by atoms with Gasteiger partial charge in [0.1, 0.15) is 5.82 Å². The van der Waals surface area contributed by atoms with E-state index in [1.165, 1.54) is 6.07 Å². The molecule has 0 atom stereocenters. The summed E-state index contributed by atoms with van der Waals surface area (Å²) >= 11 is 0. The zero-order chi connectivity index (χ0) is 11.5. The molecule has 1 nitrogen and oxygen atoms in total. The number of hydrogen-bond donors (Lipinski definition) is 0. The Hall–Kier alpha value is -1.96. The predicted molar refractivity (Wildman–Crippen MR) is 62.0 cm³/mol. The van der Waals surface area contributed by atoms with Crippen LogP contribution < -0.4 is 0 Å². The second kappa shape index (κ2) is 4.27.